The maximum atomic E-state index is 11.2. The lowest BCUT2D eigenvalue weighted by molar-refractivity contribution is 0.107. The van der Waals surface area contributed by atoms with Crippen molar-refractivity contribution in [3.8, 4) is 28.7 Å². The normalized spacial score (nSPS) is 10.5. The third-order valence-electron chi connectivity index (χ3n) is 3.35. The average molecular weight is 345 g/mol. The van der Waals surface area contributed by atoms with E-state index < -0.39 is 5.24 Å². The van der Waals surface area contributed by atoms with Crippen molar-refractivity contribution in [3.63, 3.8) is 0 Å². The molecule has 0 radical (unpaired) electrons. The van der Waals surface area contributed by atoms with Crippen molar-refractivity contribution >= 4 is 16.8 Å². The maximum absolute atomic E-state index is 11.2. The predicted octanol–water partition coefficient (Wildman–Crippen LogP) is 2.73. The lowest BCUT2D eigenvalue weighted by Crippen LogP contribution is -1.98. The highest BCUT2D eigenvalue weighted by molar-refractivity contribution is 6.67. The molecule has 7 nitrogen and oxygen atoms in total. The second kappa shape index (κ2) is 6.67. The Hall–Kier alpha value is -2.93. The summed E-state index contributed by atoms with van der Waals surface area (Å²) in [5.41, 5.74) is 2.56. The van der Waals surface area contributed by atoms with E-state index >= 15 is 0 Å². The van der Waals surface area contributed by atoms with Crippen molar-refractivity contribution in [2.75, 3.05) is 14.2 Å². The maximum Gasteiger partial charge on any atom is 0.319 e. The molecule has 0 bridgehead atoms. The number of halogens is 1. The van der Waals surface area contributed by atoms with Gasteiger partial charge in [-0.3, -0.25) is 4.79 Å². The molecule has 0 saturated carbocycles. The van der Waals surface area contributed by atoms with Crippen LogP contribution in [0.3, 0.4) is 0 Å². The molecule has 3 aromatic rings. The zero-order valence-corrected chi connectivity index (χ0v) is 13.7. The number of rotatable bonds is 5. The summed E-state index contributed by atoms with van der Waals surface area (Å²) in [6.07, 6.45) is 4.72. The summed E-state index contributed by atoms with van der Waals surface area (Å²) in [5, 5.41) is -0.602. The molecule has 0 amide bonds. The highest BCUT2D eigenvalue weighted by Crippen LogP contribution is 2.30. The Balaban J connectivity index is 2.03. The third-order valence-corrected chi connectivity index (χ3v) is 3.54. The van der Waals surface area contributed by atoms with Crippen LogP contribution in [0.1, 0.15) is 10.5 Å². The van der Waals surface area contributed by atoms with Gasteiger partial charge in [-0.2, -0.15) is 4.98 Å². The summed E-state index contributed by atoms with van der Waals surface area (Å²) < 4.78 is 12.0. The largest absolute Gasteiger partial charge is 0.480 e. The Morgan fingerprint density at radius 2 is 2.04 bits per heavy atom. The first-order chi connectivity index (χ1) is 11.6. The monoisotopic (exact) mass is 344 g/mol. The molecule has 0 aliphatic rings. The Labute approximate surface area is 142 Å². The van der Waals surface area contributed by atoms with E-state index in [2.05, 4.69) is 15.0 Å². The molecule has 0 aliphatic carbocycles. The number of nitrogens with zero attached hydrogens (tertiary/aromatic N) is 4. The van der Waals surface area contributed by atoms with Gasteiger partial charge in [-0.15, -0.1) is 0 Å². The van der Waals surface area contributed by atoms with Crippen LogP contribution in [0, 0.1) is 0 Å². The highest BCUT2D eigenvalue weighted by atomic mass is 35.5. The van der Waals surface area contributed by atoms with E-state index in [-0.39, 0.29) is 11.7 Å². The number of ether oxygens (including phenoxy) is 2. The number of hydrogen-bond acceptors (Lipinski definition) is 6. The van der Waals surface area contributed by atoms with E-state index in [9.17, 15) is 4.79 Å². The Morgan fingerprint density at radius 1 is 1.21 bits per heavy atom. The van der Waals surface area contributed by atoms with Gasteiger partial charge >= 0.3 is 6.01 Å². The predicted molar refractivity (Wildman–Crippen MR) is 87.9 cm³/mol. The molecule has 8 heteroatoms. The number of methoxy groups -OCH3 is 2. The van der Waals surface area contributed by atoms with Gasteiger partial charge in [-0.1, -0.05) is 12.1 Å². The zero-order valence-electron chi connectivity index (χ0n) is 12.9. The zero-order chi connectivity index (χ0) is 17.1. The second-order valence-corrected chi connectivity index (χ2v) is 5.11. The Bertz CT molecular complexity index is 895. The third kappa shape index (κ3) is 3.07. The van der Waals surface area contributed by atoms with E-state index in [1.54, 1.807) is 17.0 Å². The van der Waals surface area contributed by atoms with Gasteiger partial charge in [0.15, 0.2) is 0 Å². The van der Waals surface area contributed by atoms with Crippen molar-refractivity contribution in [2.45, 2.75) is 0 Å². The average Bonchev–Trinajstić information content (AvgIpc) is 3.11. The van der Waals surface area contributed by atoms with Crippen molar-refractivity contribution in [3.05, 3.63) is 48.7 Å². The molecule has 24 heavy (non-hydrogen) atoms. The number of benzene rings is 1. The molecule has 1 aromatic carbocycles. The molecule has 3 rings (SSSR count). The number of carbonyl (C=O) groups excluding carboxylic acids is 1. The molecule has 0 aliphatic heterocycles. The highest BCUT2D eigenvalue weighted by Gasteiger charge is 2.12. The van der Waals surface area contributed by atoms with E-state index in [0.29, 0.717) is 11.4 Å². The van der Waals surface area contributed by atoms with Crippen molar-refractivity contribution < 1.29 is 14.3 Å². The van der Waals surface area contributed by atoms with Gasteiger partial charge in [0.05, 0.1) is 19.8 Å². The second-order valence-electron chi connectivity index (χ2n) is 4.77. The van der Waals surface area contributed by atoms with E-state index in [1.807, 2.05) is 24.3 Å². The molecule has 0 N–H and O–H groups in total. The Morgan fingerprint density at radius 3 is 2.71 bits per heavy atom. The van der Waals surface area contributed by atoms with Crippen molar-refractivity contribution in [2.24, 2.45) is 0 Å². The minimum Gasteiger partial charge on any atom is -0.480 e. The van der Waals surface area contributed by atoms with Crippen LogP contribution in [-0.4, -0.2) is 39.0 Å². The smallest absolute Gasteiger partial charge is 0.319 e. The van der Waals surface area contributed by atoms with Gasteiger partial charge in [0, 0.05) is 18.1 Å². The van der Waals surface area contributed by atoms with E-state index in [4.69, 9.17) is 21.1 Å². The van der Waals surface area contributed by atoms with Crippen molar-refractivity contribution in [1.29, 1.82) is 0 Å². The summed E-state index contributed by atoms with van der Waals surface area (Å²) in [7, 11) is 3.02. The molecule has 0 saturated heterocycles. The molecule has 122 valence electrons. The van der Waals surface area contributed by atoms with Gasteiger partial charge in [-0.25, -0.2) is 9.97 Å². The standard InChI is InChI=1S/C16H13ClN4O3/c1-23-15-12(7-18-16(20-15)24-2)10-4-3-5-11(6-10)21-8-13(14(17)22)19-9-21/h3-9H,1-2H3. The molecular formula is C16H13ClN4O3. The number of aromatic nitrogens is 4. The first-order valence-corrected chi connectivity index (χ1v) is 7.30. The van der Waals surface area contributed by atoms with Crippen LogP contribution in [0.25, 0.3) is 16.8 Å². The molecule has 2 aromatic heterocycles. The van der Waals surface area contributed by atoms with Gasteiger partial charge in [-0.05, 0) is 29.3 Å². The fourth-order valence-electron chi connectivity index (χ4n) is 2.20. The summed E-state index contributed by atoms with van der Waals surface area (Å²) in [5.74, 6) is 0.404. The molecule has 0 fully saturated rings. The minimum atomic E-state index is -0.602. The van der Waals surface area contributed by atoms with Crippen LogP contribution in [0.4, 0.5) is 0 Å². The van der Waals surface area contributed by atoms with Crippen LogP contribution in [0.5, 0.6) is 11.9 Å². The number of imidazole rings is 1. The molecule has 2 heterocycles. The minimum absolute atomic E-state index is 0.187. The van der Waals surface area contributed by atoms with Crippen LogP contribution in [-0.2, 0) is 0 Å². The van der Waals surface area contributed by atoms with Crippen LogP contribution >= 0.6 is 11.6 Å². The quantitative estimate of drug-likeness (QED) is 0.662. The summed E-state index contributed by atoms with van der Waals surface area (Å²) >= 11 is 5.44. The van der Waals surface area contributed by atoms with E-state index in [0.717, 1.165) is 11.3 Å². The lowest BCUT2D eigenvalue weighted by atomic mass is 10.1. The van der Waals surface area contributed by atoms with Gasteiger partial charge in [0.2, 0.25) is 5.88 Å². The molecular weight excluding hydrogens is 332 g/mol. The fraction of sp³-hybridized carbons (Fsp3) is 0.125. The summed E-state index contributed by atoms with van der Waals surface area (Å²) in [6, 6.07) is 7.78. The molecule has 0 spiro atoms. The SMILES string of the molecule is COc1ncc(-c2cccc(-n3cnc(C(=O)Cl)c3)c2)c(OC)n1. The summed E-state index contributed by atoms with van der Waals surface area (Å²) in [4.78, 5) is 23.4. The summed E-state index contributed by atoms with van der Waals surface area (Å²) in [6.45, 7) is 0. The number of hydrogen-bond donors (Lipinski definition) is 0. The first-order valence-electron chi connectivity index (χ1n) is 6.92. The lowest BCUT2D eigenvalue weighted by Gasteiger charge is -2.10. The number of carbonyl (C=O) groups is 1. The molecule has 0 atom stereocenters. The van der Waals surface area contributed by atoms with Crippen LogP contribution < -0.4 is 9.47 Å². The molecule has 0 unspecified atom stereocenters. The topological polar surface area (TPSA) is 79.1 Å². The van der Waals surface area contributed by atoms with Gasteiger partial charge in [0.1, 0.15) is 12.0 Å². The fourth-order valence-corrected chi connectivity index (χ4v) is 2.30. The van der Waals surface area contributed by atoms with Crippen LogP contribution in [0.2, 0.25) is 0 Å². The van der Waals surface area contributed by atoms with Crippen LogP contribution in [0.15, 0.2) is 43.0 Å². The van der Waals surface area contributed by atoms with Crippen molar-refractivity contribution in [1.82, 2.24) is 19.5 Å². The first kappa shape index (κ1) is 15.9. The van der Waals surface area contributed by atoms with Gasteiger partial charge < -0.3 is 14.0 Å². The van der Waals surface area contributed by atoms with E-state index in [1.165, 1.54) is 20.5 Å². The Kier molecular flexibility index (Phi) is 4.43. The van der Waals surface area contributed by atoms with Gasteiger partial charge in [0.25, 0.3) is 5.24 Å².